The van der Waals surface area contributed by atoms with Gasteiger partial charge in [-0.2, -0.15) is 0 Å². The summed E-state index contributed by atoms with van der Waals surface area (Å²) < 4.78 is 10.0. The molecule has 0 bridgehead atoms. The molecular weight excluding hydrogens is 262 g/mol. The molecule has 0 saturated heterocycles. The topological polar surface area (TPSA) is 91.8 Å². The number of hydrogen-bond acceptors (Lipinski definition) is 5. The maximum absolute atomic E-state index is 11.5. The molecule has 0 aliphatic carbocycles. The zero-order valence-electron chi connectivity index (χ0n) is 12.1. The van der Waals surface area contributed by atoms with Crippen molar-refractivity contribution in [3.8, 4) is 0 Å². The average Bonchev–Trinajstić information content (AvgIpc) is 2.75. The summed E-state index contributed by atoms with van der Waals surface area (Å²) in [4.78, 5) is 14.2. The van der Waals surface area contributed by atoms with Gasteiger partial charge in [0.15, 0.2) is 0 Å². The molecule has 6 nitrogen and oxygen atoms in total. The van der Waals surface area contributed by atoms with E-state index < -0.39 is 17.7 Å². The highest BCUT2D eigenvalue weighted by Gasteiger charge is 2.17. The summed E-state index contributed by atoms with van der Waals surface area (Å²) in [5.74, 6) is -0.873. The molecule has 1 rings (SSSR count). The number of aliphatic hydroxyl groups is 2. The number of rotatable bonds is 5. The molecule has 112 valence electrons. The second-order valence-electron chi connectivity index (χ2n) is 5.21. The summed E-state index contributed by atoms with van der Waals surface area (Å²) in [5.41, 5.74) is 0.0363. The minimum Gasteiger partial charge on any atom is -0.481 e. The standard InChI is InChI=1S/C14H21NO5/c1-5-19-13(18)10-7-6-9(15-10)11(16)8-12(17)20-14(2,3)4/h6-8,11,15-17H,5H2,1-4H3. The van der Waals surface area contributed by atoms with Crippen LogP contribution in [0.1, 0.15) is 50.0 Å². The van der Waals surface area contributed by atoms with Gasteiger partial charge in [-0.1, -0.05) is 0 Å². The van der Waals surface area contributed by atoms with E-state index in [1.807, 2.05) is 0 Å². The molecule has 0 aliphatic rings. The second kappa shape index (κ2) is 6.47. The first-order valence-electron chi connectivity index (χ1n) is 6.37. The van der Waals surface area contributed by atoms with E-state index in [0.717, 1.165) is 6.08 Å². The summed E-state index contributed by atoms with van der Waals surface area (Å²) in [6.07, 6.45) is 0.0342. The van der Waals surface area contributed by atoms with E-state index in [4.69, 9.17) is 9.47 Å². The molecule has 0 radical (unpaired) electrons. The van der Waals surface area contributed by atoms with Crippen molar-refractivity contribution in [1.29, 1.82) is 0 Å². The predicted octanol–water partition coefficient (Wildman–Crippen LogP) is 2.44. The second-order valence-corrected chi connectivity index (χ2v) is 5.21. The monoisotopic (exact) mass is 283 g/mol. The number of esters is 1. The summed E-state index contributed by atoms with van der Waals surface area (Å²) in [5, 5.41) is 19.5. The third kappa shape index (κ3) is 4.97. The molecule has 0 saturated carbocycles. The zero-order chi connectivity index (χ0) is 15.3. The van der Waals surface area contributed by atoms with Crippen molar-refractivity contribution in [3.63, 3.8) is 0 Å². The smallest absolute Gasteiger partial charge is 0.354 e. The minimum absolute atomic E-state index is 0.241. The van der Waals surface area contributed by atoms with Crippen LogP contribution in [0.2, 0.25) is 0 Å². The molecule has 1 atom stereocenters. The molecule has 3 N–H and O–H groups in total. The molecule has 20 heavy (non-hydrogen) atoms. The molecule has 1 unspecified atom stereocenters. The van der Waals surface area contributed by atoms with Crippen LogP contribution in [-0.2, 0) is 9.47 Å². The molecule has 0 aromatic carbocycles. The maximum Gasteiger partial charge on any atom is 0.354 e. The lowest BCUT2D eigenvalue weighted by Crippen LogP contribution is -2.19. The fourth-order valence-electron chi connectivity index (χ4n) is 1.48. The van der Waals surface area contributed by atoms with Crippen LogP contribution >= 0.6 is 0 Å². The van der Waals surface area contributed by atoms with Gasteiger partial charge in [0.25, 0.3) is 5.95 Å². The van der Waals surface area contributed by atoms with Crippen molar-refractivity contribution in [2.24, 2.45) is 0 Å². The Balaban J connectivity index is 2.75. The highest BCUT2D eigenvalue weighted by Crippen LogP contribution is 2.18. The summed E-state index contributed by atoms with van der Waals surface area (Å²) >= 11 is 0. The molecule has 1 heterocycles. The number of carbonyl (C=O) groups excluding carboxylic acids is 1. The van der Waals surface area contributed by atoms with E-state index in [2.05, 4.69) is 4.98 Å². The van der Waals surface area contributed by atoms with E-state index >= 15 is 0 Å². The van der Waals surface area contributed by atoms with Crippen LogP contribution in [-0.4, -0.2) is 33.4 Å². The number of aromatic nitrogens is 1. The Morgan fingerprint density at radius 1 is 1.45 bits per heavy atom. The molecule has 0 fully saturated rings. The maximum atomic E-state index is 11.5. The van der Waals surface area contributed by atoms with Crippen LogP contribution in [0.5, 0.6) is 0 Å². The van der Waals surface area contributed by atoms with E-state index in [1.165, 1.54) is 12.1 Å². The fourth-order valence-corrected chi connectivity index (χ4v) is 1.48. The van der Waals surface area contributed by atoms with Crippen LogP contribution < -0.4 is 0 Å². The van der Waals surface area contributed by atoms with Crippen molar-refractivity contribution in [2.75, 3.05) is 6.61 Å². The average molecular weight is 283 g/mol. The number of aliphatic hydroxyl groups excluding tert-OH is 2. The summed E-state index contributed by atoms with van der Waals surface area (Å²) in [7, 11) is 0. The van der Waals surface area contributed by atoms with Crippen LogP contribution in [0.25, 0.3) is 0 Å². The Labute approximate surface area is 118 Å². The summed E-state index contributed by atoms with van der Waals surface area (Å²) in [6.45, 7) is 7.31. The lowest BCUT2D eigenvalue weighted by Gasteiger charge is -2.20. The van der Waals surface area contributed by atoms with Crippen LogP contribution in [0.15, 0.2) is 24.2 Å². The number of H-pyrrole nitrogens is 1. The van der Waals surface area contributed by atoms with Gasteiger partial charge in [-0.15, -0.1) is 0 Å². The molecule has 1 aromatic rings. The van der Waals surface area contributed by atoms with Crippen LogP contribution in [0.4, 0.5) is 0 Å². The van der Waals surface area contributed by atoms with Gasteiger partial charge in [-0.3, -0.25) is 0 Å². The third-order valence-corrected chi connectivity index (χ3v) is 2.23. The van der Waals surface area contributed by atoms with E-state index in [1.54, 1.807) is 27.7 Å². The zero-order valence-corrected chi connectivity index (χ0v) is 12.1. The van der Waals surface area contributed by atoms with Crippen LogP contribution in [0.3, 0.4) is 0 Å². The van der Waals surface area contributed by atoms with E-state index in [0.29, 0.717) is 5.69 Å². The number of carbonyl (C=O) groups is 1. The van der Waals surface area contributed by atoms with Crippen LogP contribution in [0, 0.1) is 0 Å². The molecule has 6 heteroatoms. The van der Waals surface area contributed by atoms with Crippen molar-refractivity contribution in [2.45, 2.75) is 39.4 Å². The van der Waals surface area contributed by atoms with Gasteiger partial charge in [0.05, 0.1) is 6.61 Å². The Kier molecular flexibility index (Phi) is 5.21. The first kappa shape index (κ1) is 16.1. The van der Waals surface area contributed by atoms with E-state index in [-0.39, 0.29) is 18.2 Å². The lowest BCUT2D eigenvalue weighted by atomic mass is 10.2. The number of aromatic amines is 1. The highest BCUT2D eigenvalue weighted by molar-refractivity contribution is 5.87. The minimum atomic E-state index is -1.11. The van der Waals surface area contributed by atoms with Gasteiger partial charge < -0.3 is 24.7 Å². The molecule has 0 aliphatic heterocycles. The van der Waals surface area contributed by atoms with Gasteiger partial charge in [-0.05, 0) is 39.8 Å². The number of ether oxygens (including phenoxy) is 2. The molecule has 0 amide bonds. The van der Waals surface area contributed by atoms with Gasteiger partial charge in [0.2, 0.25) is 0 Å². The van der Waals surface area contributed by atoms with E-state index in [9.17, 15) is 15.0 Å². The number of hydrogen-bond donors (Lipinski definition) is 3. The first-order chi connectivity index (χ1) is 9.23. The van der Waals surface area contributed by atoms with Gasteiger partial charge in [0, 0.05) is 11.8 Å². The van der Waals surface area contributed by atoms with Gasteiger partial charge in [0.1, 0.15) is 17.4 Å². The molecule has 1 aromatic heterocycles. The molecular formula is C14H21NO5. The van der Waals surface area contributed by atoms with Gasteiger partial charge in [-0.25, -0.2) is 4.79 Å². The third-order valence-electron chi connectivity index (χ3n) is 2.23. The summed E-state index contributed by atoms with van der Waals surface area (Å²) in [6, 6.07) is 3.05. The lowest BCUT2D eigenvalue weighted by molar-refractivity contribution is -0.0179. The largest absolute Gasteiger partial charge is 0.481 e. The Morgan fingerprint density at radius 3 is 2.65 bits per heavy atom. The predicted molar refractivity (Wildman–Crippen MR) is 73.3 cm³/mol. The molecule has 0 spiro atoms. The highest BCUT2D eigenvalue weighted by atomic mass is 16.6. The SMILES string of the molecule is CCOC(=O)c1ccc(C(O)C=C(O)OC(C)(C)C)[nH]1. The van der Waals surface area contributed by atoms with Gasteiger partial charge >= 0.3 is 5.97 Å². The number of nitrogens with one attached hydrogen (secondary N) is 1. The Bertz CT molecular complexity index is 484. The quantitative estimate of drug-likeness (QED) is 0.570. The fraction of sp³-hybridized carbons (Fsp3) is 0.500. The first-order valence-corrected chi connectivity index (χ1v) is 6.37. The Hall–Kier alpha value is -1.95. The van der Waals surface area contributed by atoms with Crippen molar-refractivity contribution in [1.82, 2.24) is 4.98 Å². The van der Waals surface area contributed by atoms with Crippen molar-refractivity contribution < 1.29 is 24.5 Å². The normalized spacial score (nSPS) is 13.9. The van der Waals surface area contributed by atoms with Crippen molar-refractivity contribution >= 4 is 5.97 Å². The van der Waals surface area contributed by atoms with Crippen molar-refractivity contribution in [3.05, 3.63) is 35.5 Å². The Morgan fingerprint density at radius 2 is 2.10 bits per heavy atom.